The fourth-order valence-corrected chi connectivity index (χ4v) is 0.855. The molecule has 0 bridgehead atoms. The Hall–Kier alpha value is -1.41. The molecule has 5 nitrogen and oxygen atoms in total. The third-order valence-electron chi connectivity index (χ3n) is 1.28. The third-order valence-corrected chi connectivity index (χ3v) is 1.28. The molecule has 0 atom stereocenters. The van der Waals surface area contributed by atoms with Crippen molar-refractivity contribution in [1.82, 2.24) is 20.1 Å². The largest absolute Gasteiger partial charge is 0.302 e. The van der Waals surface area contributed by atoms with E-state index in [1.807, 2.05) is 25.1 Å². The Morgan fingerprint density at radius 3 is 2.92 bits per heavy atom. The molecule has 0 saturated heterocycles. The minimum Gasteiger partial charge on any atom is -0.302 e. The maximum atomic E-state index is 8.36. The van der Waals surface area contributed by atoms with Crippen LogP contribution in [0.3, 0.4) is 0 Å². The zero-order valence-electron chi connectivity index (χ0n) is 7.20. The molecule has 64 valence electrons. The molecule has 0 aliphatic carbocycles. The predicted molar refractivity (Wildman–Crippen MR) is 43.1 cm³/mol. The van der Waals surface area contributed by atoms with Crippen LogP contribution in [0.2, 0.25) is 0 Å². The smallest absolute Gasteiger partial charge is 0.164 e. The van der Waals surface area contributed by atoms with E-state index in [2.05, 4.69) is 15.2 Å². The molecule has 12 heavy (non-hydrogen) atoms. The standard InChI is InChI=1S/C7H11N5/c1-12(2)5-7-9-6(3-4-8)10-11-7/h3,5H2,1-2H3,(H,9,10,11). The topological polar surface area (TPSA) is 68.6 Å². The van der Waals surface area contributed by atoms with Crippen LogP contribution in [-0.4, -0.2) is 34.2 Å². The molecule has 0 aliphatic rings. The van der Waals surface area contributed by atoms with Gasteiger partial charge in [0, 0.05) is 0 Å². The summed E-state index contributed by atoms with van der Waals surface area (Å²) in [6.45, 7) is 0.721. The lowest BCUT2D eigenvalue weighted by atomic mass is 10.4. The normalized spacial score (nSPS) is 10.2. The van der Waals surface area contributed by atoms with Crippen molar-refractivity contribution in [3.05, 3.63) is 11.6 Å². The van der Waals surface area contributed by atoms with Crippen molar-refractivity contribution in [2.24, 2.45) is 0 Å². The molecule has 1 aromatic heterocycles. The van der Waals surface area contributed by atoms with E-state index in [9.17, 15) is 0 Å². The van der Waals surface area contributed by atoms with Gasteiger partial charge in [-0.2, -0.15) is 10.4 Å². The van der Waals surface area contributed by atoms with Crippen LogP contribution in [0.15, 0.2) is 0 Å². The summed E-state index contributed by atoms with van der Waals surface area (Å²) in [7, 11) is 3.90. The van der Waals surface area contributed by atoms with Crippen LogP contribution in [0.5, 0.6) is 0 Å². The van der Waals surface area contributed by atoms with Gasteiger partial charge in [-0.15, -0.1) is 0 Å². The van der Waals surface area contributed by atoms with Crippen molar-refractivity contribution < 1.29 is 0 Å². The minimum absolute atomic E-state index is 0.268. The highest BCUT2D eigenvalue weighted by molar-refractivity contribution is 4.96. The van der Waals surface area contributed by atoms with Gasteiger partial charge in [0.2, 0.25) is 0 Å². The molecule has 1 aromatic rings. The van der Waals surface area contributed by atoms with Gasteiger partial charge in [0.05, 0.1) is 19.0 Å². The lowest BCUT2D eigenvalue weighted by Crippen LogP contribution is -2.11. The fourth-order valence-electron chi connectivity index (χ4n) is 0.855. The number of rotatable bonds is 3. The number of nitrogens with zero attached hydrogens (tertiary/aromatic N) is 4. The first kappa shape index (κ1) is 8.68. The average Bonchev–Trinajstić information content (AvgIpc) is 2.36. The Balaban J connectivity index is 2.59. The number of nitriles is 1. The maximum Gasteiger partial charge on any atom is 0.164 e. The zero-order chi connectivity index (χ0) is 8.97. The van der Waals surface area contributed by atoms with Crippen molar-refractivity contribution in [3.8, 4) is 6.07 Å². The molecule has 1 N–H and O–H groups in total. The van der Waals surface area contributed by atoms with Crippen LogP contribution in [0, 0.1) is 11.3 Å². The molecule has 0 aromatic carbocycles. The van der Waals surface area contributed by atoms with E-state index in [1.165, 1.54) is 0 Å². The maximum absolute atomic E-state index is 8.36. The van der Waals surface area contributed by atoms with Gasteiger partial charge in [0.25, 0.3) is 0 Å². The first-order valence-corrected chi connectivity index (χ1v) is 3.64. The Morgan fingerprint density at radius 1 is 1.58 bits per heavy atom. The molecule has 1 heterocycles. The van der Waals surface area contributed by atoms with Crippen LogP contribution >= 0.6 is 0 Å². The quantitative estimate of drug-likeness (QED) is 0.680. The van der Waals surface area contributed by atoms with Crippen LogP contribution in [0.25, 0.3) is 0 Å². The first-order valence-electron chi connectivity index (χ1n) is 3.64. The third kappa shape index (κ3) is 2.32. The molecular weight excluding hydrogens is 154 g/mol. The molecule has 0 saturated carbocycles. The van der Waals surface area contributed by atoms with Gasteiger partial charge in [0.15, 0.2) is 5.82 Å². The molecule has 0 fully saturated rings. The Labute approximate surface area is 71.0 Å². The molecule has 0 amide bonds. The van der Waals surface area contributed by atoms with Crippen LogP contribution in [0.1, 0.15) is 11.6 Å². The summed E-state index contributed by atoms with van der Waals surface area (Å²) >= 11 is 0. The van der Waals surface area contributed by atoms with E-state index in [1.54, 1.807) is 0 Å². The number of nitrogens with one attached hydrogen (secondary N) is 1. The lowest BCUT2D eigenvalue weighted by Gasteiger charge is -2.04. The summed E-state index contributed by atoms with van der Waals surface area (Å²) < 4.78 is 0. The van der Waals surface area contributed by atoms with Crippen molar-refractivity contribution in [1.29, 1.82) is 5.26 Å². The molecule has 0 spiro atoms. The second-order valence-corrected chi connectivity index (χ2v) is 2.77. The van der Waals surface area contributed by atoms with E-state index in [0.717, 1.165) is 12.4 Å². The molecule has 1 rings (SSSR count). The number of hydrogen-bond donors (Lipinski definition) is 1. The summed E-state index contributed by atoms with van der Waals surface area (Å²) in [5, 5.41) is 15.0. The number of hydrogen-bond acceptors (Lipinski definition) is 4. The lowest BCUT2D eigenvalue weighted by molar-refractivity contribution is 0.391. The Bertz CT molecular complexity index is 282. The number of aromatic amines is 1. The number of aromatic nitrogens is 3. The molecule has 0 aliphatic heterocycles. The van der Waals surface area contributed by atoms with E-state index in [0.29, 0.717) is 5.82 Å². The summed E-state index contributed by atoms with van der Waals surface area (Å²) in [5.74, 6) is 1.36. The molecule has 5 heteroatoms. The zero-order valence-corrected chi connectivity index (χ0v) is 7.20. The Morgan fingerprint density at radius 2 is 2.33 bits per heavy atom. The van der Waals surface area contributed by atoms with E-state index in [-0.39, 0.29) is 6.42 Å². The van der Waals surface area contributed by atoms with Gasteiger partial charge in [-0.25, -0.2) is 4.98 Å². The molecule has 0 unspecified atom stereocenters. The van der Waals surface area contributed by atoms with Crippen molar-refractivity contribution >= 4 is 0 Å². The van der Waals surface area contributed by atoms with E-state index < -0.39 is 0 Å². The average molecular weight is 165 g/mol. The summed E-state index contributed by atoms with van der Waals surface area (Å²) in [5.41, 5.74) is 0. The summed E-state index contributed by atoms with van der Waals surface area (Å²) in [4.78, 5) is 6.09. The van der Waals surface area contributed by atoms with Gasteiger partial charge in [-0.1, -0.05) is 0 Å². The van der Waals surface area contributed by atoms with Gasteiger partial charge in [0.1, 0.15) is 5.82 Å². The first-order chi connectivity index (χ1) is 5.72. The summed E-state index contributed by atoms with van der Waals surface area (Å²) in [6.07, 6.45) is 0.268. The van der Waals surface area contributed by atoms with Crippen molar-refractivity contribution in [3.63, 3.8) is 0 Å². The number of H-pyrrole nitrogens is 1. The Kier molecular flexibility index (Phi) is 2.77. The minimum atomic E-state index is 0.268. The van der Waals surface area contributed by atoms with Gasteiger partial charge >= 0.3 is 0 Å². The van der Waals surface area contributed by atoms with Crippen molar-refractivity contribution in [2.75, 3.05) is 14.1 Å². The predicted octanol–water partition coefficient (Wildman–Crippen LogP) is -0.0676. The van der Waals surface area contributed by atoms with E-state index >= 15 is 0 Å². The second-order valence-electron chi connectivity index (χ2n) is 2.77. The summed E-state index contributed by atoms with van der Waals surface area (Å²) in [6, 6.07) is 1.99. The highest BCUT2D eigenvalue weighted by atomic mass is 15.2. The van der Waals surface area contributed by atoms with Crippen molar-refractivity contribution in [2.45, 2.75) is 13.0 Å². The highest BCUT2D eigenvalue weighted by Gasteiger charge is 2.02. The van der Waals surface area contributed by atoms with E-state index in [4.69, 9.17) is 5.26 Å². The highest BCUT2D eigenvalue weighted by Crippen LogP contribution is 1.95. The molecular formula is C7H11N5. The van der Waals surface area contributed by atoms with Crippen LogP contribution in [-0.2, 0) is 13.0 Å². The van der Waals surface area contributed by atoms with Gasteiger partial charge < -0.3 is 4.90 Å². The molecule has 0 radical (unpaired) electrons. The SMILES string of the molecule is CN(C)Cc1nc(CC#N)n[nH]1. The van der Waals surface area contributed by atoms with Crippen LogP contribution in [0.4, 0.5) is 0 Å². The fraction of sp³-hybridized carbons (Fsp3) is 0.571. The monoisotopic (exact) mass is 165 g/mol. The second kappa shape index (κ2) is 3.83. The van der Waals surface area contributed by atoms with Crippen LogP contribution < -0.4 is 0 Å². The van der Waals surface area contributed by atoms with Gasteiger partial charge in [-0.05, 0) is 14.1 Å². The van der Waals surface area contributed by atoms with Gasteiger partial charge in [-0.3, -0.25) is 5.10 Å².